The van der Waals surface area contributed by atoms with Crippen molar-refractivity contribution in [3.63, 3.8) is 0 Å². The van der Waals surface area contributed by atoms with Crippen LogP contribution >= 0.6 is 0 Å². The number of allylic oxidation sites excluding steroid dienone is 4. The molecule has 0 spiro atoms. The normalized spacial score (nSPS) is 17.9. The van der Waals surface area contributed by atoms with Crippen LogP contribution < -0.4 is 0 Å². The molecule has 2 heterocycles. The number of benzene rings is 5. The van der Waals surface area contributed by atoms with E-state index in [1.165, 1.54) is 49.8 Å². The molecule has 5 aromatic carbocycles. The molecule has 0 aliphatic heterocycles. The maximum Gasteiger partial charge on any atom is 0.160 e. The van der Waals surface area contributed by atoms with Crippen LogP contribution in [0.5, 0.6) is 0 Å². The van der Waals surface area contributed by atoms with E-state index in [4.69, 9.17) is 9.97 Å². The van der Waals surface area contributed by atoms with E-state index < -0.39 is 0 Å². The van der Waals surface area contributed by atoms with Gasteiger partial charge in [0, 0.05) is 38.9 Å². The molecule has 0 amide bonds. The van der Waals surface area contributed by atoms with Gasteiger partial charge in [-0.3, -0.25) is 0 Å². The average Bonchev–Trinajstić information content (AvgIpc) is 3.56. The van der Waals surface area contributed by atoms with Crippen LogP contribution in [0.25, 0.3) is 61.3 Å². The van der Waals surface area contributed by atoms with Crippen molar-refractivity contribution >= 4 is 27.5 Å². The average molecular weight is 606 g/mol. The van der Waals surface area contributed by atoms with Gasteiger partial charge in [0.1, 0.15) is 0 Å². The highest BCUT2D eigenvalue weighted by atomic mass is 15.0. The summed E-state index contributed by atoms with van der Waals surface area (Å²) in [5.41, 5.74) is 13.3. The third kappa shape index (κ3) is 4.34. The fourth-order valence-electron chi connectivity index (χ4n) is 7.87. The Balaban J connectivity index is 1.17. The minimum Gasteiger partial charge on any atom is -0.310 e. The van der Waals surface area contributed by atoms with Crippen LogP contribution in [0.15, 0.2) is 146 Å². The van der Waals surface area contributed by atoms with Gasteiger partial charge in [0.15, 0.2) is 5.82 Å². The van der Waals surface area contributed by atoms with Crippen molar-refractivity contribution in [2.24, 2.45) is 5.92 Å². The summed E-state index contributed by atoms with van der Waals surface area (Å²) in [5, 5.41) is 2.59. The van der Waals surface area contributed by atoms with Crippen molar-refractivity contribution in [2.45, 2.75) is 32.1 Å². The van der Waals surface area contributed by atoms with Crippen molar-refractivity contribution in [3.05, 3.63) is 162 Å². The molecule has 7 aromatic rings. The Morgan fingerprint density at radius 3 is 2.11 bits per heavy atom. The third-order valence-electron chi connectivity index (χ3n) is 10.3. The van der Waals surface area contributed by atoms with Crippen molar-refractivity contribution < 1.29 is 0 Å². The van der Waals surface area contributed by atoms with Gasteiger partial charge in [-0.25, -0.2) is 9.97 Å². The summed E-state index contributed by atoms with van der Waals surface area (Å²) in [5.74, 6) is 1.11. The van der Waals surface area contributed by atoms with E-state index in [0.29, 0.717) is 0 Å². The molecular weight excluding hydrogens is 571 g/mol. The summed E-state index contributed by atoms with van der Waals surface area (Å²) in [4.78, 5) is 10.2. The maximum absolute atomic E-state index is 5.17. The van der Waals surface area contributed by atoms with Gasteiger partial charge in [-0.2, -0.15) is 0 Å². The predicted molar refractivity (Wildman–Crippen MR) is 195 cm³/mol. The van der Waals surface area contributed by atoms with Gasteiger partial charge in [0.25, 0.3) is 0 Å². The number of nitrogens with zero attached hydrogens (tertiary/aromatic N) is 3. The lowest BCUT2D eigenvalue weighted by atomic mass is 9.82. The van der Waals surface area contributed by atoms with Gasteiger partial charge in [-0.15, -0.1) is 0 Å². The summed E-state index contributed by atoms with van der Waals surface area (Å²) < 4.78 is 2.47. The fraction of sp³-hybridized carbons (Fsp3) is 0.136. The van der Waals surface area contributed by atoms with Crippen molar-refractivity contribution in [1.82, 2.24) is 14.5 Å². The zero-order valence-corrected chi connectivity index (χ0v) is 26.9. The van der Waals surface area contributed by atoms with Gasteiger partial charge in [0.05, 0.1) is 22.4 Å². The Labute approximate surface area is 275 Å². The van der Waals surface area contributed by atoms with E-state index in [9.17, 15) is 0 Å². The summed E-state index contributed by atoms with van der Waals surface area (Å²) in [6.07, 6.45) is 7.07. The summed E-state index contributed by atoms with van der Waals surface area (Å²) in [6, 6.07) is 45.5. The van der Waals surface area contributed by atoms with Crippen LogP contribution in [0.4, 0.5) is 0 Å². The van der Waals surface area contributed by atoms with Crippen LogP contribution in [0.2, 0.25) is 0 Å². The number of para-hydroxylation sites is 1. The van der Waals surface area contributed by atoms with E-state index in [1.54, 1.807) is 0 Å². The van der Waals surface area contributed by atoms with E-state index >= 15 is 0 Å². The smallest absolute Gasteiger partial charge is 0.160 e. The van der Waals surface area contributed by atoms with Crippen LogP contribution in [0.1, 0.15) is 43.5 Å². The van der Waals surface area contributed by atoms with Crippen molar-refractivity contribution in [3.8, 4) is 33.8 Å². The molecule has 47 heavy (non-hydrogen) atoms. The predicted octanol–water partition coefficient (Wildman–Crippen LogP) is 11.1. The Kier molecular flexibility index (Phi) is 6.20. The third-order valence-corrected chi connectivity index (χ3v) is 10.3. The highest BCUT2D eigenvalue weighted by Crippen LogP contribution is 2.51. The monoisotopic (exact) mass is 605 g/mol. The van der Waals surface area contributed by atoms with Crippen molar-refractivity contribution in [2.75, 3.05) is 0 Å². The van der Waals surface area contributed by atoms with Gasteiger partial charge in [0.2, 0.25) is 0 Å². The Morgan fingerprint density at radius 2 is 1.32 bits per heavy atom. The van der Waals surface area contributed by atoms with Crippen LogP contribution in [0, 0.1) is 5.92 Å². The highest BCUT2D eigenvalue weighted by Gasteiger charge is 2.36. The number of hydrogen-bond donors (Lipinski definition) is 0. The summed E-state index contributed by atoms with van der Waals surface area (Å²) >= 11 is 0. The molecule has 2 aliphatic rings. The second-order valence-corrected chi connectivity index (χ2v) is 13.5. The minimum atomic E-state index is -0.0379. The first-order valence-corrected chi connectivity index (χ1v) is 16.6. The zero-order chi connectivity index (χ0) is 31.7. The molecule has 3 nitrogen and oxygen atoms in total. The quantitative estimate of drug-likeness (QED) is 0.200. The van der Waals surface area contributed by atoms with Crippen molar-refractivity contribution in [1.29, 1.82) is 0 Å². The molecule has 2 aromatic heterocycles. The fourth-order valence-corrected chi connectivity index (χ4v) is 7.87. The lowest BCUT2D eigenvalue weighted by Gasteiger charge is -2.25. The molecule has 0 radical (unpaired) electrons. The van der Waals surface area contributed by atoms with Crippen LogP contribution in [0.3, 0.4) is 0 Å². The molecule has 0 fully saturated rings. The molecule has 2 atom stereocenters. The molecule has 3 heteroatoms. The molecule has 0 bridgehead atoms. The largest absolute Gasteiger partial charge is 0.310 e. The molecule has 0 N–H and O–H groups in total. The van der Waals surface area contributed by atoms with Gasteiger partial charge >= 0.3 is 0 Å². The zero-order valence-electron chi connectivity index (χ0n) is 26.9. The Bertz CT molecular complexity index is 2340. The van der Waals surface area contributed by atoms with E-state index in [-0.39, 0.29) is 17.3 Å². The molecular formula is C44H35N3. The maximum atomic E-state index is 5.17. The van der Waals surface area contributed by atoms with E-state index in [0.717, 1.165) is 28.3 Å². The van der Waals surface area contributed by atoms with Crippen LogP contribution in [-0.4, -0.2) is 14.5 Å². The number of rotatable bonds is 4. The van der Waals surface area contributed by atoms with Gasteiger partial charge in [-0.1, -0.05) is 136 Å². The molecule has 0 saturated heterocycles. The number of hydrogen-bond acceptors (Lipinski definition) is 2. The summed E-state index contributed by atoms with van der Waals surface area (Å²) in [6.45, 7) is 7.03. The molecule has 0 saturated carbocycles. The molecule has 2 aliphatic carbocycles. The van der Waals surface area contributed by atoms with Gasteiger partial charge in [-0.05, 0) is 58.5 Å². The number of fused-ring (bicyclic) bond motifs is 6. The topological polar surface area (TPSA) is 30.7 Å². The highest BCUT2D eigenvalue weighted by molar-refractivity contribution is 6.12. The van der Waals surface area contributed by atoms with E-state index in [2.05, 4.69) is 147 Å². The first kappa shape index (κ1) is 27.7. The SMILES string of the molecule is CC1C=C(n2c3ccccc3c3cc4c(cc32)-c2ccccc2C4(C)C)C=CC1c1cc(-c2ccccc2)nc(-c2ccccc2)n1. The standard InChI is InChI=1S/C44H35N3/c1-28-24-31(22-23-32(28)40-27-39(29-14-6-4-7-15-29)45-43(46-40)30-16-8-5-9-17-30)47-41-21-13-11-19-34(41)36-25-38-35(26-42(36)47)33-18-10-12-20-37(33)44(38,2)3/h4-28,32H,1-3H3. The second kappa shape index (κ2) is 10.5. The molecule has 2 unspecified atom stereocenters. The first-order valence-electron chi connectivity index (χ1n) is 16.6. The Morgan fingerprint density at radius 1 is 0.617 bits per heavy atom. The Hall–Kier alpha value is -5.54. The van der Waals surface area contributed by atoms with Crippen LogP contribution in [-0.2, 0) is 5.41 Å². The van der Waals surface area contributed by atoms with E-state index in [1.807, 2.05) is 24.3 Å². The second-order valence-electron chi connectivity index (χ2n) is 13.5. The van der Waals surface area contributed by atoms with Gasteiger partial charge < -0.3 is 4.57 Å². The lowest BCUT2D eigenvalue weighted by Crippen LogP contribution is -2.15. The first-order chi connectivity index (χ1) is 23.0. The molecule has 9 rings (SSSR count). The molecule has 226 valence electrons. The lowest BCUT2D eigenvalue weighted by molar-refractivity contribution is 0.619. The summed E-state index contributed by atoms with van der Waals surface area (Å²) in [7, 11) is 0. The minimum absolute atomic E-state index is 0.0379. The number of aromatic nitrogens is 3.